The van der Waals surface area contributed by atoms with E-state index in [4.69, 9.17) is 0 Å². The quantitative estimate of drug-likeness (QED) is 0.481. The van der Waals surface area contributed by atoms with Crippen LogP contribution < -0.4 is 0 Å². The summed E-state index contributed by atoms with van der Waals surface area (Å²) in [5.74, 6) is 0. The zero-order chi connectivity index (χ0) is 13.1. The monoisotopic (exact) mass is 305 g/mol. The van der Waals surface area contributed by atoms with E-state index in [0.717, 1.165) is 5.33 Å². The van der Waals surface area contributed by atoms with Gasteiger partial charge in [0, 0.05) is 11.9 Å². The molecule has 0 aromatic carbocycles. The smallest absolute Gasteiger partial charge is 0.01000 e. The molecular weight excluding hydrogens is 274 g/mol. The highest BCUT2D eigenvalue weighted by Gasteiger charge is 2.27. The van der Waals surface area contributed by atoms with Crippen LogP contribution in [0.15, 0.2) is 0 Å². The molecule has 0 aliphatic heterocycles. The molecule has 0 saturated carbocycles. The lowest BCUT2D eigenvalue weighted by Gasteiger charge is -2.36. The Bertz CT molecular complexity index is 150. The summed E-state index contributed by atoms with van der Waals surface area (Å²) in [6, 6.07) is 0. The second-order valence-electron chi connectivity index (χ2n) is 5.32. The first-order valence-electron chi connectivity index (χ1n) is 7.46. The number of alkyl halides is 1. The predicted octanol–water partition coefficient (Wildman–Crippen LogP) is 5.09. The molecule has 0 aliphatic rings. The van der Waals surface area contributed by atoms with E-state index in [2.05, 4.69) is 48.5 Å². The van der Waals surface area contributed by atoms with Crippen molar-refractivity contribution in [3.63, 3.8) is 0 Å². The second kappa shape index (κ2) is 10.4. The number of nitrogens with zero attached hydrogens (tertiary/aromatic N) is 1. The second-order valence-corrected chi connectivity index (χ2v) is 5.88. The van der Waals surface area contributed by atoms with Crippen LogP contribution in [0.25, 0.3) is 0 Å². The minimum Gasteiger partial charge on any atom is -0.303 e. The molecule has 0 amide bonds. The molecule has 0 spiro atoms. The van der Waals surface area contributed by atoms with Crippen molar-refractivity contribution in [1.29, 1.82) is 0 Å². The minimum atomic E-state index is 0.488. The zero-order valence-electron chi connectivity index (χ0n) is 12.4. The minimum absolute atomic E-state index is 0.488. The van der Waals surface area contributed by atoms with Crippen molar-refractivity contribution >= 4 is 15.9 Å². The molecule has 2 heteroatoms. The molecule has 0 rings (SSSR count). The van der Waals surface area contributed by atoms with E-state index in [1.807, 2.05) is 0 Å². The first kappa shape index (κ1) is 17.4. The highest BCUT2D eigenvalue weighted by atomic mass is 79.9. The molecule has 0 unspecified atom stereocenters. The first-order chi connectivity index (χ1) is 8.17. The van der Waals surface area contributed by atoms with Crippen LogP contribution in [0.5, 0.6) is 0 Å². The summed E-state index contributed by atoms with van der Waals surface area (Å²) in [5, 5.41) is 1.14. The van der Waals surface area contributed by atoms with Gasteiger partial charge in [0.05, 0.1) is 0 Å². The van der Waals surface area contributed by atoms with E-state index in [-0.39, 0.29) is 0 Å². The fourth-order valence-corrected chi connectivity index (χ4v) is 3.18. The number of halogens is 1. The number of unbranched alkanes of at least 4 members (excludes halogenated alkanes) is 2. The van der Waals surface area contributed by atoms with E-state index >= 15 is 0 Å². The third-order valence-corrected chi connectivity index (χ3v) is 5.19. The first-order valence-corrected chi connectivity index (χ1v) is 8.58. The summed E-state index contributed by atoms with van der Waals surface area (Å²) < 4.78 is 0. The summed E-state index contributed by atoms with van der Waals surface area (Å²) >= 11 is 3.73. The summed E-state index contributed by atoms with van der Waals surface area (Å²) in [6.07, 6.45) is 7.86. The van der Waals surface area contributed by atoms with Gasteiger partial charge in [-0.1, -0.05) is 56.5 Å². The van der Waals surface area contributed by atoms with E-state index in [1.54, 1.807) is 0 Å². The number of rotatable bonds is 11. The van der Waals surface area contributed by atoms with Gasteiger partial charge in [-0.15, -0.1) is 0 Å². The van der Waals surface area contributed by atoms with Gasteiger partial charge in [-0.25, -0.2) is 0 Å². The normalized spacial score (nSPS) is 12.4. The van der Waals surface area contributed by atoms with E-state index in [1.165, 1.54) is 58.2 Å². The Kier molecular flexibility index (Phi) is 10.6. The SMILES string of the molecule is CCCCN(CCCC)CC(CC)(CC)CBr. The maximum atomic E-state index is 3.73. The molecule has 0 saturated heterocycles. The predicted molar refractivity (Wildman–Crippen MR) is 83.1 cm³/mol. The van der Waals surface area contributed by atoms with Crippen LogP contribution >= 0.6 is 15.9 Å². The van der Waals surface area contributed by atoms with Crippen molar-refractivity contribution in [2.45, 2.75) is 66.2 Å². The Morgan fingerprint density at radius 2 is 1.35 bits per heavy atom. The van der Waals surface area contributed by atoms with Gasteiger partial charge in [-0.2, -0.15) is 0 Å². The van der Waals surface area contributed by atoms with Crippen molar-refractivity contribution in [2.75, 3.05) is 25.0 Å². The standard InChI is InChI=1S/C15H32BrN/c1-5-9-11-17(12-10-6-2)14-15(7-3,8-4)13-16/h5-14H2,1-4H3. The third kappa shape index (κ3) is 6.81. The molecule has 0 atom stereocenters. The van der Waals surface area contributed by atoms with Crippen LogP contribution in [0.4, 0.5) is 0 Å². The van der Waals surface area contributed by atoms with Crippen molar-refractivity contribution in [1.82, 2.24) is 4.90 Å². The van der Waals surface area contributed by atoms with Gasteiger partial charge >= 0.3 is 0 Å². The van der Waals surface area contributed by atoms with Crippen molar-refractivity contribution in [2.24, 2.45) is 5.41 Å². The Labute approximate surface area is 117 Å². The molecular formula is C15H32BrN. The van der Waals surface area contributed by atoms with Gasteiger partial charge in [-0.05, 0) is 44.2 Å². The molecule has 0 aliphatic carbocycles. The lowest BCUT2D eigenvalue weighted by atomic mass is 9.84. The summed E-state index contributed by atoms with van der Waals surface area (Å²) in [4.78, 5) is 2.70. The van der Waals surface area contributed by atoms with Crippen molar-refractivity contribution in [3.8, 4) is 0 Å². The average Bonchev–Trinajstić information content (AvgIpc) is 2.38. The zero-order valence-corrected chi connectivity index (χ0v) is 14.0. The van der Waals surface area contributed by atoms with Crippen LogP contribution in [0.3, 0.4) is 0 Å². The van der Waals surface area contributed by atoms with Gasteiger partial charge in [0.1, 0.15) is 0 Å². The lowest BCUT2D eigenvalue weighted by molar-refractivity contribution is 0.155. The summed E-state index contributed by atoms with van der Waals surface area (Å²) in [5.41, 5.74) is 0.488. The van der Waals surface area contributed by atoms with E-state index in [9.17, 15) is 0 Å². The van der Waals surface area contributed by atoms with Crippen LogP contribution in [0.1, 0.15) is 66.2 Å². The van der Waals surface area contributed by atoms with E-state index in [0.29, 0.717) is 5.41 Å². The molecule has 1 nitrogen and oxygen atoms in total. The van der Waals surface area contributed by atoms with Crippen LogP contribution in [0, 0.1) is 5.41 Å². The van der Waals surface area contributed by atoms with Crippen LogP contribution in [-0.4, -0.2) is 29.9 Å². The van der Waals surface area contributed by atoms with Gasteiger partial charge in [0.25, 0.3) is 0 Å². The molecule has 17 heavy (non-hydrogen) atoms. The average molecular weight is 306 g/mol. The van der Waals surface area contributed by atoms with Gasteiger partial charge < -0.3 is 4.90 Å². The fourth-order valence-electron chi connectivity index (χ4n) is 2.21. The molecule has 104 valence electrons. The Morgan fingerprint density at radius 1 is 0.882 bits per heavy atom. The molecule has 0 radical (unpaired) electrons. The molecule has 0 aromatic heterocycles. The fraction of sp³-hybridized carbons (Fsp3) is 1.00. The molecule has 0 N–H and O–H groups in total. The molecule has 0 aromatic rings. The molecule has 0 heterocycles. The third-order valence-electron chi connectivity index (χ3n) is 4.00. The van der Waals surface area contributed by atoms with Gasteiger partial charge in [0.2, 0.25) is 0 Å². The number of hydrogen-bond donors (Lipinski definition) is 0. The Morgan fingerprint density at radius 3 is 1.65 bits per heavy atom. The van der Waals surface area contributed by atoms with Crippen molar-refractivity contribution in [3.05, 3.63) is 0 Å². The number of hydrogen-bond acceptors (Lipinski definition) is 1. The Balaban J connectivity index is 4.34. The van der Waals surface area contributed by atoms with Crippen LogP contribution in [0.2, 0.25) is 0 Å². The van der Waals surface area contributed by atoms with Crippen molar-refractivity contribution < 1.29 is 0 Å². The highest BCUT2D eigenvalue weighted by Crippen LogP contribution is 2.30. The largest absolute Gasteiger partial charge is 0.303 e. The lowest BCUT2D eigenvalue weighted by Crippen LogP contribution is -2.39. The van der Waals surface area contributed by atoms with Gasteiger partial charge in [0.15, 0.2) is 0 Å². The van der Waals surface area contributed by atoms with Crippen LogP contribution in [-0.2, 0) is 0 Å². The highest BCUT2D eigenvalue weighted by molar-refractivity contribution is 9.09. The summed E-state index contributed by atoms with van der Waals surface area (Å²) in [6.45, 7) is 13.1. The molecule has 0 fully saturated rings. The van der Waals surface area contributed by atoms with Gasteiger partial charge in [-0.3, -0.25) is 0 Å². The Hall–Kier alpha value is 0.440. The maximum absolute atomic E-state index is 3.73. The molecule has 0 bridgehead atoms. The topological polar surface area (TPSA) is 3.24 Å². The maximum Gasteiger partial charge on any atom is 0.01000 e. The van der Waals surface area contributed by atoms with E-state index < -0.39 is 0 Å². The summed E-state index contributed by atoms with van der Waals surface area (Å²) in [7, 11) is 0.